The van der Waals surface area contributed by atoms with Crippen molar-refractivity contribution in [2.45, 2.75) is 43.0 Å². The van der Waals surface area contributed by atoms with Gasteiger partial charge in [-0.05, 0) is 42.5 Å². The fourth-order valence-electron chi connectivity index (χ4n) is 4.77. The average Bonchev–Trinajstić information content (AvgIpc) is 3.54. The zero-order valence-electron chi connectivity index (χ0n) is 19.1. The van der Waals surface area contributed by atoms with Crippen LogP contribution in [-0.4, -0.2) is 58.5 Å². The Hall–Kier alpha value is -3.18. The molecule has 2 aliphatic rings. The van der Waals surface area contributed by atoms with Gasteiger partial charge in [0.25, 0.3) is 15.9 Å². The third-order valence-electron chi connectivity index (χ3n) is 6.69. The van der Waals surface area contributed by atoms with Crippen LogP contribution in [0.15, 0.2) is 53.7 Å². The van der Waals surface area contributed by atoms with Gasteiger partial charge in [0.2, 0.25) is 16.9 Å². The second kappa shape index (κ2) is 9.46. The summed E-state index contributed by atoms with van der Waals surface area (Å²) in [4.78, 5) is 19.1. The molecule has 8 nitrogen and oxygen atoms in total. The third kappa shape index (κ3) is 4.70. The zero-order valence-corrected chi connectivity index (χ0v) is 20.7. The Bertz CT molecular complexity index is 1370. The molecular formula is C24H25FN5O3S2+. The molecule has 5 rings (SSSR count). The van der Waals surface area contributed by atoms with E-state index < -0.39 is 16.1 Å². The summed E-state index contributed by atoms with van der Waals surface area (Å²) in [5.74, 6) is 0.0351. The Labute approximate surface area is 207 Å². The molecule has 11 heteroatoms. The Morgan fingerprint density at radius 2 is 1.94 bits per heavy atom. The van der Waals surface area contributed by atoms with Gasteiger partial charge in [-0.2, -0.15) is 8.95 Å². The molecule has 0 spiro atoms. The zero-order chi connectivity index (χ0) is 24.6. The van der Waals surface area contributed by atoms with E-state index in [4.69, 9.17) is 0 Å². The van der Waals surface area contributed by atoms with Crippen molar-refractivity contribution in [3.63, 3.8) is 0 Å². The number of carbonyl (C=O) groups is 1. The fraction of sp³-hybridized carbons (Fsp3) is 0.333. The van der Waals surface area contributed by atoms with E-state index in [1.807, 2.05) is 40.8 Å². The Morgan fingerprint density at radius 3 is 2.63 bits per heavy atom. The van der Waals surface area contributed by atoms with Gasteiger partial charge in [-0.3, -0.25) is 9.52 Å². The maximum absolute atomic E-state index is 14.1. The molecule has 0 aliphatic carbocycles. The van der Waals surface area contributed by atoms with Gasteiger partial charge in [0.15, 0.2) is 6.21 Å². The number of amides is 1. The highest BCUT2D eigenvalue weighted by molar-refractivity contribution is 7.93. The number of sulfonamides is 1. The van der Waals surface area contributed by atoms with Crippen molar-refractivity contribution in [3.05, 3.63) is 65.7 Å². The second-order valence-electron chi connectivity index (χ2n) is 8.73. The molecule has 1 atom stereocenters. The summed E-state index contributed by atoms with van der Waals surface area (Å²) in [5.41, 5.74) is 2.45. The molecule has 1 amide bonds. The van der Waals surface area contributed by atoms with Gasteiger partial charge in [0.05, 0.1) is 16.9 Å². The van der Waals surface area contributed by atoms with E-state index in [2.05, 4.69) is 14.1 Å². The predicted molar refractivity (Wildman–Crippen MR) is 131 cm³/mol. The minimum absolute atomic E-state index is 0.0287. The van der Waals surface area contributed by atoms with Crippen molar-refractivity contribution in [1.82, 2.24) is 14.3 Å². The van der Waals surface area contributed by atoms with Crippen LogP contribution in [0.1, 0.15) is 36.8 Å². The molecule has 1 saturated heterocycles. The Morgan fingerprint density at radius 1 is 1.20 bits per heavy atom. The first-order valence-electron chi connectivity index (χ1n) is 11.4. The van der Waals surface area contributed by atoms with Crippen LogP contribution in [0, 0.1) is 5.82 Å². The van der Waals surface area contributed by atoms with Crippen molar-refractivity contribution in [3.8, 4) is 0 Å². The molecule has 3 aromatic rings. The lowest BCUT2D eigenvalue weighted by atomic mass is 9.89. The van der Waals surface area contributed by atoms with Gasteiger partial charge in [-0.25, -0.2) is 17.8 Å². The lowest BCUT2D eigenvalue weighted by Crippen LogP contribution is -2.45. The number of carbonyl (C=O) groups excluding carboxylic acids is 1. The molecule has 35 heavy (non-hydrogen) atoms. The van der Waals surface area contributed by atoms with Gasteiger partial charge in [0.1, 0.15) is 12.1 Å². The molecule has 1 N–H and O–H groups in total. The molecule has 182 valence electrons. The van der Waals surface area contributed by atoms with Crippen LogP contribution < -0.4 is 4.72 Å². The van der Waals surface area contributed by atoms with Crippen LogP contribution in [0.3, 0.4) is 0 Å². The van der Waals surface area contributed by atoms with E-state index in [1.165, 1.54) is 12.4 Å². The van der Waals surface area contributed by atoms with Gasteiger partial charge in [-0.1, -0.05) is 18.2 Å². The summed E-state index contributed by atoms with van der Waals surface area (Å²) >= 11 is 0.975. The summed E-state index contributed by atoms with van der Waals surface area (Å²) in [6.45, 7) is 3.10. The predicted octanol–water partition coefficient (Wildman–Crippen LogP) is 3.54. The summed E-state index contributed by atoms with van der Waals surface area (Å²) in [6.07, 6.45) is 5.26. The fourth-order valence-corrected chi connectivity index (χ4v) is 6.43. The minimum atomic E-state index is -3.72. The summed E-state index contributed by atoms with van der Waals surface area (Å²) < 4.78 is 47.2. The number of halogens is 1. The van der Waals surface area contributed by atoms with Crippen molar-refractivity contribution >= 4 is 44.5 Å². The minimum Gasteiger partial charge on any atom is -0.337 e. The van der Waals surface area contributed by atoms with E-state index in [0.717, 1.165) is 35.6 Å². The molecule has 0 unspecified atom stereocenters. The van der Waals surface area contributed by atoms with Gasteiger partial charge < -0.3 is 4.90 Å². The van der Waals surface area contributed by atoms with E-state index in [9.17, 15) is 17.6 Å². The van der Waals surface area contributed by atoms with Crippen LogP contribution >= 0.6 is 11.5 Å². The SMILES string of the molecule is C[C@@H](C(=O)N1CCC(c2ccc(S(=O)(=O)Nc3ncns3)cc2)CC1)[N+]1=CCc2c(F)cccc21. The molecule has 1 fully saturated rings. The smallest absolute Gasteiger partial charge is 0.291 e. The van der Waals surface area contributed by atoms with Crippen molar-refractivity contribution in [1.29, 1.82) is 0 Å². The van der Waals surface area contributed by atoms with Crippen molar-refractivity contribution in [2.75, 3.05) is 17.8 Å². The number of piperidine rings is 1. The van der Waals surface area contributed by atoms with Crippen LogP contribution in [0.25, 0.3) is 0 Å². The molecule has 2 aromatic carbocycles. The normalized spacial score (nSPS) is 17.1. The van der Waals surface area contributed by atoms with Gasteiger partial charge in [0, 0.05) is 37.6 Å². The van der Waals surface area contributed by atoms with E-state index in [-0.39, 0.29) is 27.7 Å². The number of hydrogen-bond acceptors (Lipinski definition) is 6. The van der Waals surface area contributed by atoms with Gasteiger partial charge >= 0.3 is 0 Å². The number of fused-ring (bicyclic) bond motifs is 1. The third-order valence-corrected chi connectivity index (χ3v) is 8.75. The number of benzene rings is 2. The first kappa shape index (κ1) is 23.6. The monoisotopic (exact) mass is 514 g/mol. The van der Waals surface area contributed by atoms with Crippen LogP contribution in [0.5, 0.6) is 0 Å². The number of nitrogens with one attached hydrogen (secondary N) is 1. The molecule has 0 saturated carbocycles. The Balaban J connectivity index is 1.20. The maximum Gasteiger partial charge on any atom is 0.291 e. The molecule has 3 heterocycles. The lowest BCUT2D eigenvalue weighted by molar-refractivity contribution is -0.460. The molecule has 1 aromatic heterocycles. The molecular weight excluding hydrogens is 489 g/mol. The first-order valence-corrected chi connectivity index (χ1v) is 13.7. The van der Waals surface area contributed by atoms with E-state index >= 15 is 0 Å². The average molecular weight is 515 g/mol. The molecule has 0 radical (unpaired) electrons. The van der Waals surface area contributed by atoms with Crippen LogP contribution in [-0.2, 0) is 21.2 Å². The molecule has 2 aliphatic heterocycles. The highest BCUT2D eigenvalue weighted by Crippen LogP contribution is 2.31. The standard InChI is InChI=1S/C24H25FN5O3S2/c1-16(30-14-11-20-21(25)3-2-4-22(20)30)23(31)29-12-9-18(10-13-29)17-5-7-19(8-6-17)35(32,33)28-24-26-15-27-34-24/h2-8,14-16,18H,9-13H2,1H3,(H,26,27,28)/q+1/t16-/m0/s1. The number of nitrogens with zero attached hydrogens (tertiary/aromatic N) is 4. The van der Waals surface area contributed by atoms with E-state index in [0.29, 0.717) is 25.1 Å². The highest BCUT2D eigenvalue weighted by Gasteiger charge is 2.36. The Kier molecular flexibility index (Phi) is 6.37. The highest BCUT2D eigenvalue weighted by atomic mass is 32.2. The van der Waals surface area contributed by atoms with Crippen molar-refractivity contribution < 1.29 is 22.2 Å². The second-order valence-corrected chi connectivity index (χ2v) is 11.2. The largest absolute Gasteiger partial charge is 0.337 e. The number of anilines is 1. The number of rotatable bonds is 6. The quantitative estimate of drug-likeness (QED) is 0.508. The topological polar surface area (TPSA) is 95.3 Å². The molecule has 0 bridgehead atoms. The van der Waals surface area contributed by atoms with E-state index in [1.54, 1.807) is 18.2 Å². The summed E-state index contributed by atoms with van der Waals surface area (Å²) in [7, 11) is -3.72. The lowest BCUT2D eigenvalue weighted by Gasteiger charge is -2.33. The number of hydrogen-bond donors (Lipinski definition) is 1. The maximum atomic E-state index is 14.1. The van der Waals surface area contributed by atoms with Gasteiger partial charge in [-0.15, -0.1) is 0 Å². The summed E-state index contributed by atoms with van der Waals surface area (Å²) in [5, 5.41) is 0.223. The number of likely N-dealkylation sites (tertiary alicyclic amines) is 1. The van der Waals surface area contributed by atoms with Crippen LogP contribution in [0.4, 0.5) is 15.2 Å². The van der Waals surface area contributed by atoms with Crippen LogP contribution in [0.2, 0.25) is 0 Å². The number of aromatic nitrogens is 2. The van der Waals surface area contributed by atoms with Crippen molar-refractivity contribution in [2.24, 2.45) is 0 Å². The first-order chi connectivity index (χ1) is 16.8. The summed E-state index contributed by atoms with van der Waals surface area (Å²) in [6, 6.07) is 11.4.